The molecule has 0 spiro atoms. The van der Waals surface area contributed by atoms with E-state index in [4.69, 9.17) is 23.2 Å². The number of alkyl halides is 3. The molecule has 1 aromatic rings. The summed E-state index contributed by atoms with van der Waals surface area (Å²) < 4.78 is 36.1. The summed E-state index contributed by atoms with van der Waals surface area (Å²) >= 11 is 11.7. The minimum Gasteiger partial charge on any atom is -0.286 e. The second-order valence-electron chi connectivity index (χ2n) is 3.99. The minimum absolute atomic E-state index is 0.309. The largest absolute Gasteiger partial charge is 0.408 e. The lowest BCUT2D eigenvalue weighted by Gasteiger charge is -2.18. The third-order valence-electron chi connectivity index (χ3n) is 2.50. The molecular formula is C11H10Cl2F3N3. The van der Waals surface area contributed by atoms with Gasteiger partial charge < -0.3 is 0 Å². The summed E-state index contributed by atoms with van der Waals surface area (Å²) in [6, 6.07) is 5.00. The summed E-state index contributed by atoms with van der Waals surface area (Å²) in [6.45, 7) is -0.654. The van der Waals surface area contributed by atoms with Crippen molar-refractivity contribution in [2.45, 2.75) is 12.6 Å². The Hall–Kier alpha value is -1.14. The molecule has 1 aliphatic heterocycles. The smallest absolute Gasteiger partial charge is 0.286 e. The molecule has 2 rings (SSSR count). The zero-order chi connectivity index (χ0) is 14.0. The molecule has 8 heteroatoms. The number of benzene rings is 1. The van der Waals surface area contributed by atoms with Crippen LogP contribution in [0.15, 0.2) is 23.2 Å². The van der Waals surface area contributed by atoms with E-state index in [0.29, 0.717) is 28.8 Å². The van der Waals surface area contributed by atoms with Crippen LogP contribution >= 0.6 is 23.2 Å². The molecule has 1 aromatic carbocycles. The highest BCUT2D eigenvalue weighted by molar-refractivity contribution is 6.42. The fourth-order valence-corrected chi connectivity index (χ4v) is 1.92. The predicted octanol–water partition coefficient (Wildman–Crippen LogP) is 3.67. The maximum absolute atomic E-state index is 12.0. The second-order valence-corrected chi connectivity index (χ2v) is 4.80. The van der Waals surface area contributed by atoms with Crippen molar-refractivity contribution in [3.63, 3.8) is 0 Å². The topological polar surface area (TPSA) is 27.6 Å². The van der Waals surface area contributed by atoms with Gasteiger partial charge >= 0.3 is 6.18 Å². The van der Waals surface area contributed by atoms with Crippen LogP contribution in [0.4, 0.5) is 18.9 Å². The summed E-state index contributed by atoms with van der Waals surface area (Å²) in [4.78, 5) is 3.49. The minimum atomic E-state index is -4.29. The van der Waals surface area contributed by atoms with Gasteiger partial charge in [0.2, 0.25) is 0 Å². The average molecular weight is 312 g/mol. The summed E-state index contributed by atoms with van der Waals surface area (Å²) in [6.07, 6.45) is -3.86. The molecule has 1 aliphatic rings. The van der Waals surface area contributed by atoms with Crippen molar-refractivity contribution in [1.29, 1.82) is 0 Å². The predicted molar refractivity (Wildman–Crippen MR) is 69.9 cm³/mol. The fraction of sp³-hybridized carbons (Fsp3) is 0.364. The molecule has 104 valence electrons. The first-order valence-electron chi connectivity index (χ1n) is 5.44. The maximum Gasteiger partial charge on any atom is 0.408 e. The summed E-state index contributed by atoms with van der Waals surface area (Å²) in [5.74, 6) is 0.309. The number of rotatable bonds is 2. The Morgan fingerprint density at radius 1 is 1.26 bits per heavy atom. The Morgan fingerprint density at radius 2 is 2.00 bits per heavy atom. The molecule has 3 nitrogen and oxygen atoms in total. The van der Waals surface area contributed by atoms with E-state index < -0.39 is 12.7 Å². The lowest BCUT2D eigenvalue weighted by Crippen LogP contribution is -2.33. The Balaban J connectivity index is 2.03. The fourth-order valence-electron chi connectivity index (χ4n) is 1.63. The first kappa shape index (κ1) is 14.3. The van der Waals surface area contributed by atoms with Crippen molar-refractivity contribution >= 4 is 34.7 Å². The zero-order valence-electron chi connectivity index (χ0n) is 9.64. The number of halogens is 5. The highest BCUT2D eigenvalue weighted by Gasteiger charge is 2.27. The van der Waals surface area contributed by atoms with Crippen molar-refractivity contribution in [3.8, 4) is 0 Å². The molecule has 0 aromatic heterocycles. The summed E-state index contributed by atoms with van der Waals surface area (Å²) in [7, 11) is 0. The highest BCUT2D eigenvalue weighted by Crippen LogP contribution is 2.27. The number of aliphatic imine (C=N–C) groups is 1. The molecule has 0 bridgehead atoms. The zero-order valence-corrected chi connectivity index (χ0v) is 11.1. The van der Waals surface area contributed by atoms with E-state index in [-0.39, 0.29) is 0 Å². The molecule has 0 amide bonds. The second kappa shape index (κ2) is 5.46. The molecule has 19 heavy (non-hydrogen) atoms. The number of amidine groups is 1. The van der Waals surface area contributed by atoms with Crippen LogP contribution in [0.5, 0.6) is 0 Å². The lowest BCUT2D eigenvalue weighted by molar-refractivity contribution is -0.118. The molecular weight excluding hydrogens is 302 g/mol. The van der Waals surface area contributed by atoms with Crippen LogP contribution < -0.4 is 10.4 Å². The number of hydrogen-bond acceptors (Lipinski definition) is 2. The average Bonchev–Trinajstić information content (AvgIpc) is 2.78. The van der Waals surface area contributed by atoms with Gasteiger partial charge in [-0.1, -0.05) is 23.2 Å². The molecule has 0 saturated carbocycles. The van der Waals surface area contributed by atoms with Crippen molar-refractivity contribution < 1.29 is 13.2 Å². The van der Waals surface area contributed by atoms with E-state index in [1.807, 2.05) is 0 Å². The van der Waals surface area contributed by atoms with Gasteiger partial charge in [0.1, 0.15) is 12.4 Å². The van der Waals surface area contributed by atoms with Gasteiger partial charge in [-0.25, -0.2) is 0 Å². The van der Waals surface area contributed by atoms with E-state index in [0.717, 1.165) is 5.69 Å². The maximum atomic E-state index is 12.0. The molecule has 1 saturated heterocycles. The van der Waals surface area contributed by atoms with Gasteiger partial charge in [0, 0.05) is 13.0 Å². The van der Waals surface area contributed by atoms with Crippen LogP contribution in [0, 0.1) is 0 Å². The number of nitrogens with zero attached hydrogens (tertiary/aromatic N) is 2. The van der Waals surface area contributed by atoms with Crippen LogP contribution in [-0.2, 0) is 0 Å². The first-order chi connectivity index (χ1) is 8.85. The number of hydrazine groups is 1. The van der Waals surface area contributed by atoms with Gasteiger partial charge in [-0.3, -0.25) is 15.4 Å². The van der Waals surface area contributed by atoms with Crippen LogP contribution in [-0.4, -0.2) is 25.1 Å². The van der Waals surface area contributed by atoms with Crippen molar-refractivity contribution in [3.05, 3.63) is 28.2 Å². The number of anilines is 1. The summed E-state index contributed by atoms with van der Waals surface area (Å²) in [5.41, 5.74) is 3.54. The molecule has 0 unspecified atom stereocenters. The molecule has 1 fully saturated rings. The Labute approximate surface area is 118 Å². The molecule has 0 atom stereocenters. The van der Waals surface area contributed by atoms with Crippen molar-refractivity contribution in [2.24, 2.45) is 4.99 Å². The molecule has 0 aliphatic carbocycles. The number of nitrogens with one attached hydrogen (secondary N) is 1. The molecule has 1 N–H and O–H groups in total. The van der Waals surface area contributed by atoms with Gasteiger partial charge in [0.15, 0.2) is 0 Å². The quantitative estimate of drug-likeness (QED) is 0.902. The SMILES string of the molecule is FC(F)(F)CN=C1CCN(c2ccc(Cl)c(Cl)c2)N1. The van der Waals surface area contributed by atoms with Crippen molar-refractivity contribution in [1.82, 2.24) is 5.43 Å². The van der Waals surface area contributed by atoms with E-state index in [1.165, 1.54) is 0 Å². The van der Waals surface area contributed by atoms with E-state index in [1.54, 1.807) is 23.2 Å². The van der Waals surface area contributed by atoms with Crippen LogP contribution in [0.1, 0.15) is 6.42 Å². The third kappa shape index (κ3) is 3.91. The highest BCUT2D eigenvalue weighted by atomic mass is 35.5. The normalized spacial score (nSPS) is 17.9. The lowest BCUT2D eigenvalue weighted by atomic mass is 10.3. The van der Waals surface area contributed by atoms with Crippen LogP contribution in [0.25, 0.3) is 0 Å². The summed E-state index contributed by atoms with van der Waals surface area (Å²) in [5, 5.41) is 2.49. The van der Waals surface area contributed by atoms with Gasteiger partial charge in [-0.2, -0.15) is 13.2 Å². The van der Waals surface area contributed by atoms with Crippen LogP contribution in [0.3, 0.4) is 0 Å². The third-order valence-corrected chi connectivity index (χ3v) is 3.24. The molecule has 0 radical (unpaired) electrons. The Bertz CT molecular complexity index is 502. The van der Waals surface area contributed by atoms with Gasteiger partial charge in [0.05, 0.1) is 15.7 Å². The Morgan fingerprint density at radius 3 is 2.63 bits per heavy atom. The van der Waals surface area contributed by atoms with Gasteiger partial charge in [0.25, 0.3) is 0 Å². The first-order valence-corrected chi connectivity index (χ1v) is 6.20. The van der Waals surface area contributed by atoms with Gasteiger partial charge in [-0.05, 0) is 18.2 Å². The van der Waals surface area contributed by atoms with E-state index in [9.17, 15) is 13.2 Å². The Kier molecular flexibility index (Phi) is 4.10. The number of hydrogen-bond donors (Lipinski definition) is 1. The van der Waals surface area contributed by atoms with E-state index >= 15 is 0 Å². The van der Waals surface area contributed by atoms with E-state index in [2.05, 4.69) is 10.4 Å². The van der Waals surface area contributed by atoms with Crippen molar-refractivity contribution in [2.75, 3.05) is 18.1 Å². The standard InChI is InChI=1S/C11H10Cl2F3N3/c12-8-2-1-7(5-9(8)13)19-4-3-10(18-19)17-6-11(14,15)16/h1-2,5H,3-4,6H2,(H,17,18). The van der Waals surface area contributed by atoms with Crippen LogP contribution in [0.2, 0.25) is 10.0 Å². The molecule has 1 heterocycles. The monoisotopic (exact) mass is 311 g/mol. The van der Waals surface area contributed by atoms with Gasteiger partial charge in [-0.15, -0.1) is 0 Å².